The molecule has 2 N–H and O–H groups in total. The number of hydrogen-bond acceptors (Lipinski definition) is 2. The van der Waals surface area contributed by atoms with E-state index in [1.807, 2.05) is 0 Å². The van der Waals surface area contributed by atoms with Gasteiger partial charge in [-0.1, -0.05) is 38.3 Å². The molecule has 84 valence electrons. The van der Waals surface area contributed by atoms with Gasteiger partial charge in [0, 0.05) is 6.07 Å². The van der Waals surface area contributed by atoms with Crippen molar-refractivity contribution in [3.8, 4) is 11.5 Å². The molecular formula is C12H17ClO2. The van der Waals surface area contributed by atoms with E-state index in [0.717, 1.165) is 24.8 Å². The molecule has 0 radical (unpaired) electrons. The smallest absolute Gasteiger partial charge is 0.137 e. The highest BCUT2D eigenvalue weighted by atomic mass is 35.5. The zero-order valence-electron chi connectivity index (χ0n) is 9.13. The summed E-state index contributed by atoms with van der Waals surface area (Å²) in [4.78, 5) is 0. The van der Waals surface area contributed by atoms with Crippen LogP contribution in [-0.2, 0) is 6.42 Å². The zero-order valence-corrected chi connectivity index (χ0v) is 9.88. The molecular weight excluding hydrogens is 212 g/mol. The fraction of sp³-hybridized carbons (Fsp3) is 0.500. The first kappa shape index (κ1) is 12.2. The van der Waals surface area contributed by atoms with E-state index in [4.69, 9.17) is 11.6 Å². The summed E-state index contributed by atoms with van der Waals surface area (Å²) < 4.78 is 0. The van der Waals surface area contributed by atoms with Crippen molar-refractivity contribution >= 4 is 11.6 Å². The van der Waals surface area contributed by atoms with Crippen molar-refractivity contribution in [3.05, 3.63) is 22.7 Å². The van der Waals surface area contributed by atoms with Crippen LogP contribution >= 0.6 is 11.6 Å². The SMILES string of the molecule is CCC(CC)Cc1cc(Cl)c(O)cc1O. The van der Waals surface area contributed by atoms with Crippen LogP contribution in [0.1, 0.15) is 32.3 Å². The van der Waals surface area contributed by atoms with Gasteiger partial charge >= 0.3 is 0 Å². The molecule has 0 bridgehead atoms. The molecule has 0 heterocycles. The van der Waals surface area contributed by atoms with Crippen molar-refractivity contribution < 1.29 is 10.2 Å². The first-order valence-electron chi connectivity index (χ1n) is 5.28. The molecule has 0 aromatic heterocycles. The number of aromatic hydroxyl groups is 2. The Balaban J connectivity index is 2.89. The molecule has 0 saturated heterocycles. The van der Waals surface area contributed by atoms with E-state index in [-0.39, 0.29) is 11.5 Å². The maximum atomic E-state index is 9.64. The van der Waals surface area contributed by atoms with Crippen molar-refractivity contribution in [2.75, 3.05) is 0 Å². The van der Waals surface area contributed by atoms with E-state index < -0.39 is 0 Å². The number of hydrogen-bond donors (Lipinski definition) is 2. The average molecular weight is 229 g/mol. The quantitative estimate of drug-likeness (QED) is 0.825. The van der Waals surface area contributed by atoms with Gasteiger partial charge < -0.3 is 10.2 Å². The molecule has 0 atom stereocenters. The molecule has 1 aromatic carbocycles. The van der Waals surface area contributed by atoms with Gasteiger partial charge in [0.05, 0.1) is 5.02 Å². The maximum absolute atomic E-state index is 9.64. The Bertz CT molecular complexity index is 333. The summed E-state index contributed by atoms with van der Waals surface area (Å²) in [5.74, 6) is 0.614. The second-order valence-electron chi connectivity index (χ2n) is 3.82. The molecule has 0 amide bonds. The van der Waals surface area contributed by atoms with E-state index in [1.165, 1.54) is 6.07 Å². The van der Waals surface area contributed by atoms with Crippen LogP contribution in [0.25, 0.3) is 0 Å². The molecule has 0 fully saturated rings. The van der Waals surface area contributed by atoms with Crippen LogP contribution in [0.5, 0.6) is 11.5 Å². The summed E-state index contributed by atoms with van der Waals surface area (Å²) in [5.41, 5.74) is 0.812. The van der Waals surface area contributed by atoms with Gasteiger partial charge in [0.25, 0.3) is 0 Å². The van der Waals surface area contributed by atoms with Crippen molar-refractivity contribution in [1.82, 2.24) is 0 Å². The highest BCUT2D eigenvalue weighted by Gasteiger charge is 2.11. The van der Waals surface area contributed by atoms with Crippen LogP contribution in [0.4, 0.5) is 0 Å². The molecule has 2 nitrogen and oxygen atoms in total. The van der Waals surface area contributed by atoms with Crippen LogP contribution in [0.3, 0.4) is 0 Å². The highest BCUT2D eigenvalue weighted by Crippen LogP contribution is 2.32. The lowest BCUT2D eigenvalue weighted by Crippen LogP contribution is -2.01. The summed E-state index contributed by atoms with van der Waals surface area (Å²) in [6.07, 6.45) is 2.96. The summed E-state index contributed by atoms with van der Waals surface area (Å²) in [5, 5.41) is 19.2. The van der Waals surface area contributed by atoms with Crippen LogP contribution in [0.15, 0.2) is 12.1 Å². The zero-order chi connectivity index (χ0) is 11.4. The van der Waals surface area contributed by atoms with E-state index in [9.17, 15) is 10.2 Å². The molecule has 0 unspecified atom stereocenters. The predicted octanol–water partition coefficient (Wildman–Crippen LogP) is 3.73. The van der Waals surface area contributed by atoms with Gasteiger partial charge in [-0.25, -0.2) is 0 Å². The number of benzene rings is 1. The Hall–Kier alpha value is -0.890. The van der Waals surface area contributed by atoms with E-state index in [0.29, 0.717) is 10.9 Å². The standard InChI is InChI=1S/C12H17ClO2/c1-3-8(4-2)5-9-6-10(13)12(15)7-11(9)14/h6-8,14-15H,3-5H2,1-2H3. The minimum Gasteiger partial charge on any atom is -0.508 e. The molecule has 0 aliphatic heterocycles. The second-order valence-corrected chi connectivity index (χ2v) is 4.23. The highest BCUT2D eigenvalue weighted by molar-refractivity contribution is 6.32. The topological polar surface area (TPSA) is 40.5 Å². The fourth-order valence-corrected chi connectivity index (χ4v) is 1.83. The van der Waals surface area contributed by atoms with Crippen molar-refractivity contribution in [2.45, 2.75) is 33.1 Å². The molecule has 15 heavy (non-hydrogen) atoms. The van der Waals surface area contributed by atoms with Gasteiger partial charge in [-0.15, -0.1) is 0 Å². The molecule has 1 rings (SSSR count). The Morgan fingerprint density at radius 1 is 1.13 bits per heavy atom. The minimum atomic E-state index is -0.0672. The van der Waals surface area contributed by atoms with Gasteiger partial charge in [-0.05, 0) is 24.0 Å². The molecule has 1 aromatic rings. The van der Waals surface area contributed by atoms with Crippen LogP contribution in [-0.4, -0.2) is 10.2 Å². The lowest BCUT2D eigenvalue weighted by molar-refractivity contribution is 0.432. The van der Waals surface area contributed by atoms with Gasteiger partial charge in [-0.2, -0.15) is 0 Å². The summed E-state index contributed by atoms with van der Waals surface area (Å²) in [6, 6.07) is 2.95. The first-order chi connectivity index (χ1) is 7.08. The second kappa shape index (κ2) is 5.26. The fourth-order valence-electron chi connectivity index (χ4n) is 1.64. The van der Waals surface area contributed by atoms with Gasteiger partial charge in [0.2, 0.25) is 0 Å². The van der Waals surface area contributed by atoms with Crippen LogP contribution < -0.4 is 0 Å². The van der Waals surface area contributed by atoms with E-state index in [2.05, 4.69) is 13.8 Å². The third kappa shape index (κ3) is 3.03. The van der Waals surface area contributed by atoms with Gasteiger partial charge in [0.1, 0.15) is 11.5 Å². The third-order valence-electron chi connectivity index (χ3n) is 2.81. The Labute approximate surface area is 95.5 Å². The van der Waals surface area contributed by atoms with Crippen LogP contribution in [0, 0.1) is 5.92 Å². The minimum absolute atomic E-state index is 0.0672. The normalized spacial score (nSPS) is 10.9. The summed E-state index contributed by atoms with van der Waals surface area (Å²) >= 11 is 5.79. The monoisotopic (exact) mass is 228 g/mol. The molecule has 0 aliphatic rings. The largest absolute Gasteiger partial charge is 0.508 e. The maximum Gasteiger partial charge on any atom is 0.137 e. The Kier molecular flexibility index (Phi) is 4.28. The Morgan fingerprint density at radius 3 is 2.27 bits per heavy atom. The molecule has 0 spiro atoms. The predicted molar refractivity (Wildman–Crippen MR) is 62.6 cm³/mol. The molecule has 0 aliphatic carbocycles. The average Bonchev–Trinajstić information content (AvgIpc) is 2.21. The number of phenols is 2. The lowest BCUT2D eigenvalue weighted by atomic mass is 9.94. The number of rotatable bonds is 4. The van der Waals surface area contributed by atoms with E-state index >= 15 is 0 Å². The van der Waals surface area contributed by atoms with E-state index in [1.54, 1.807) is 6.07 Å². The number of halogens is 1. The van der Waals surface area contributed by atoms with Crippen molar-refractivity contribution in [3.63, 3.8) is 0 Å². The van der Waals surface area contributed by atoms with Gasteiger partial charge in [-0.3, -0.25) is 0 Å². The van der Waals surface area contributed by atoms with Crippen LogP contribution in [0.2, 0.25) is 5.02 Å². The Morgan fingerprint density at radius 2 is 1.73 bits per heavy atom. The third-order valence-corrected chi connectivity index (χ3v) is 3.11. The number of phenolic OH excluding ortho intramolecular Hbond substituents is 2. The first-order valence-corrected chi connectivity index (χ1v) is 5.66. The van der Waals surface area contributed by atoms with Crippen molar-refractivity contribution in [2.24, 2.45) is 5.92 Å². The molecule has 0 saturated carbocycles. The summed E-state index contributed by atoms with van der Waals surface area (Å²) in [6.45, 7) is 4.26. The summed E-state index contributed by atoms with van der Waals surface area (Å²) in [7, 11) is 0. The molecule has 3 heteroatoms. The van der Waals surface area contributed by atoms with Crippen molar-refractivity contribution in [1.29, 1.82) is 0 Å². The lowest BCUT2D eigenvalue weighted by Gasteiger charge is -2.13. The van der Waals surface area contributed by atoms with Gasteiger partial charge in [0.15, 0.2) is 0 Å².